The van der Waals surface area contributed by atoms with Crippen molar-refractivity contribution < 1.29 is 14.6 Å². The normalized spacial score (nSPS) is 10.4. The van der Waals surface area contributed by atoms with E-state index < -0.39 is 5.97 Å². The van der Waals surface area contributed by atoms with Gasteiger partial charge >= 0.3 is 5.97 Å². The zero-order valence-corrected chi connectivity index (χ0v) is 12.1. The smallest absolute Gasteiger partial charge is 0.307 e. The van der Waals surface area contributed by atoms with E-state index in [1.807, 2.05) is 0 Å². The Morgan fingerprint density at radius 2 is 2.00 bits per heavy atom. The van der Waals surface area contributed by atoms with Crippen LogP contribution in [0.15, 0.2) is 18.2 Å². The Hall–Kier alpha value is -1.22. The average Bonchev–Trinajstić information content (AvgIpc) is 2.35. The van der Waals surface area contributed by atoms with Crippen molar-refractivity contribution >= 4 is 17.6 Å². The third-order valence-electron chi connectivity index (χ3n) is 2.86. The Kier molecular flexibility index (Phi) is 7.34. The molecule has 0 aromatic heterocycles. The van der Waals surface area contributed by atoms with Crippen LogP contribution in [0.5, 0.6) is 5.75 Å². The lowest BCUT2D eigenvalue weighted by Gasteiger charge is -2.09. The Bertz CT molecular complexity index is 404. The molecule has 1 aromatic carbocycles. The van der Waals surface area contributed by atoms with E-state index in [2.05, 4.69) is 6.92 Å². The predicted molar refractivity (Wildman–Crippen MR) is 77.0 cm³/mol. The van der Waals surface area contributed by atoms with E-state index in [4.69, 9.17) is 21.4 Å². The molecule has 0 atom stereocenters. The quantitative estimate of drug-likeness (QED) is 0.687. The van der Waals surface area contributed by atoms with E-state index in [0.717, 1.165) is 6.42 Å². The lowest BCUT2D eigenvalue weighted by atomic mass is 10.1. The number of carbonyl (C=O) groups is 1. The SMILES string of the molecule is CCCCCCCOc1ccc(CC(=O)O)cc1Cl. The van der Waals surface area contributed by atoms with Crippen LogP contribution in [-0.2, 0) is 11.2 Å². The van der Waals surface area contributed by atoms with Crippen molar-refractivity contribution in [1.82, 2.24) is 0 Å². The van der Waals surface area contributed by atoms with Crippen LogP contribution in [0.4, 0.5) is 0 Å². The Morgan fingerprint density at radius 1 is 1.26 bits per heavy atom. The van der Waals surface area contributed by atoms with Crippen LogP contribution in [-0.4, -0.2) is 17.7 Å². The second-order valence-electron chi connectivity index (χ2n) is 4.60. The van der Waals surface area contributed by atoms with Crippen LogP contribution in [0.2, 0.25) is 5.02 Å². The fourth-order valence-electron chi connectivity index (χ4n) is 1.83. The van der Waals surface area contributed by atoms with Gasteiger partial charge in [-0.2, -0.15) is 0 Å². The van der Waals surface area contributed by atoms with Gasteiger partial charge < -0.3 is 9.84 Å². The average molecular weight is 285 g/mol. The third kappa shape index (κ3) is 6.48. The minimum Gasteiger partial charge on any atom is -0.492 e. The molecule has 1 N–H and O–H groups in total. The van der Waals surface area contributed by atoms with Crippen molar-refractivity contribution in [1.29, 1.82) is 0 Å². The first-order valence-electron chi connectivity index (χ1n) is 6.76. The molecular weight excluding hydrogens is 264 g/mol. The molecule has 0 spiro atoms. The number of rotatable bonds is 9. The highest BCUT2D eigenvalue weighted by Gasteiger charge is 2.06. The van der Waals surface area contributed by atoms with Gasteiger partial charge in [0.2, 0.25) is 0 Å². The molecule has 0 saturated carbocycles. The van der Waals surface area contributed by atoms with Gasteiger partial charge in [-0.1, -0.05) is 50.3 Å². The molecule has 0 aliphatic carbocycles. The molecule has 106 valence electrons. The predicted octanol–water partition coefficient (Wildman–Crippen LogP) is 4.32. The lowest BCUT2D eigenvalue weighted by molar-refractivity contribution is -0.136. The zero-order valence-electron chi connectivity index (χ0n) is 11.3. The minimum atomic E-state index is -0.861. The topological polar surface area (TPSA) is 46.5 Å². The van der Waals surface area contributed by atoms with Gasteiger partial charge in [0.15, 0.2) is 0 Å². The van der Waals surface area contributed by atoms with E-state index in [-0.39, 0.29) is 6.42 Å². The summed E-state index contributed by atoms with van der Waals surface area (Å²) in [6, 6.07) is 5.14. The number of ether oxygens (including phenoxy) is 1. The summed E-state index contributed by atoms with van der Waals surface area (Å²) in [4.78, 5) is 10.6. The molecule has 0 saturated heterocycles. The van der Waals surface area contributed by atoms with Crippen molar-refractivity contribution in [2.45, 2.75) is 45.4 Å². The number of carboxylic acids is 1. The summed E-state index contributed by atoms with van der Waals surface area (Å²) in [6.45, 7) is 2.84. The Balaban J connectivity index is 2.36. The molecule has 0 amide bonds. The molecule has 19 heavy (non-hydrogen) atoms. The second-order valence-corrected chi connectivity index (χ2v) is 5.01. The van der Waals surface area contributed by atoms with Crippen molar-refractivity contribution in [2.75, 3.05) is 6.61 Å². The van der Waals surface area contributed by atoms with Crippen LogP contribution >= 0.6 is 11.6 Å². The molecule has 0 bridgehead atoms. The summed E-state index contributed by atoms with van der Waals surface area (Å²) in [7, 11) is 0. The van der Waals surface area contributed by atoms with E-state index in [0.29, 0.717) is 22.9 Å². The van der Waals surface area contributed by atoms with Crippen molar-refractivity contribution in [3.05, 3.63) is 28.8 Å². The highest BCUT2D eigenvalue weighted by atomic mass is 35.5. The zero-order chi connectivity index (χ0) is 14.1. The van der Waals surface area contributed by atoms with Crippen LogP contribution < -0.4 is 4.74 Å². The largest absolute Gasteiger partial charge is 0.492 e. The summed E-state index contributed by atoms with van der Waals surface area (Å²) in [5.74, 6) is -0.230. The molecule has 0 heterocycles. The van der Waals surface area contributed by atoms with E-state index in [9.17, 15) is 4.79 Å². The summed E-state index contributed by atoms with van der Waals surface area (Å²) in [6.07, 6.45) is 5.92. The lowest BCUT2D eigenvalue weighted by Crippen LogP contribution is -2.01. The summed E-state index contributed by atoms with van der Waals surface area (Å²) >= 11 is 6.06. The van der Waals surface area contributed by atoms with E-state index >= 15 is 0 Å². The number of halogens is 1. The summed E-state index contributed by atoms with van der Waals surface area (Å²) in [5, 5.41) is 9.18. The molecular formula is C15H21ClO3. The maximum atomic E-state index is 10.6. The van der Waals surface area contributed by atoms with Gasteiger partial charge in [0.25, 0.3) is 0 Å². The molecule has 0 aliphatic heterocycles. The molecule has 3 nitrogen and oxygen atoms in total. The molecule has 0 radical (unpaired) electrons. The Labute approximate surface area is 119 Å². The van der Waals surface area contributed by atoms with Gasteiger partial charge in [-0.15, -0.1) is 0 Å². The number of aliphatic carboxylic acids is 1. The third-order valence-corrected chi connectivity index (χ3v) is 3.15. The molecule has 0 fully saturated rings. The van der Waals surface area contributed by atoms with Gasteiger partial charge in [0, 0.05) is 0 Å². The second kappa shape index (κ2) is 8.81. The van der Waals surface area contributed by atoms with Gasteiger partial charge in [-0.3, -0.25) is 4.79 Å². The first kappa shape index (κ1) is 15.8. The fraction of sp³-hybridized carbons (Fsp3) is 0.533. The fourth-order valence-corrected chi connectivity index (χ4v) is 2.09. The highest BCUT2D eigenvalue weighted by Crippen LogP contribution is 2.26. The van der Waals surface area contributed by atoms with Gasteiger partial charge in [-0.05, 0) is 24.1 Å². The van der Waals surface area contributed by atoms with Crippen LogP contribution in [0.25, 0.3) is 0 Å². The minimum absolute atomic E-state index is 0.0168. The van der Waals surface area contributed by atoms with Gasteiger partial charge in [-0.25, -0.2) is 0 Å². The van der Waals surface area contributed by atoms with Gasteiger partial charge in [0.1, 0.15) is 5.75 Å². The van der Waals surface area contributed by atoms with Crippen molar-refractivity contribution in [3.8, 4) is 5.75 Å². The van der Waals surface area contributed by atoms with Gasteiger partial charge in [0.05, 0.1) is 18.1 Å². The monoisotopic (exact) mass is 284 g/mol. The van der Waals surface area contributed by atoms with E-state index in [1.54, 1.807) is 18.2 Å². The number of hydrogen-bond acceptors (Lipinski definition) is 2. The number of hydrogen-bond donors (Lipinski definition) is 1. The maximum Gasteiger partial charge on any atom is 0.307 e. The molecule has 0 aliphatic rings. The number of benzene rings is 1. The first-order chi connectivity index (χ1) is 9.13. The van der Waals surface area contributed by atoms with Crippen molar-refractivity contribution in [3.63, 3.8) is 0 Å². The van der Waals surface area contributed by atoms with Crippen molar-refractivity contribution in [2.24, 2.45) is 0 Å². The maximum absolute atomic E-state index is 10.6. The molecule has 4 heteroatoms. The van der Waals surface area contributed by atoms with Crippen LogP contribution in [0, 0.1) is 0 Å². The highest BCUT2D eigenvalue weighted by molar-refractivity contribution is 6.32. The summed E-state index contributed by atoms with van der Waals surface area (Å²) < 4.78 is 5.60. The van der Waals surface area contributed by atoms with Crippen LogP contribution in [0.1, 0.15) is 44.6 Å². The Morgan fingerprint density at radius 3 is 2.63 bits per heavy atom. The first-order valence-corrected chi connectivity index (χ1v) is 7.14. The number of unbranched alkanes of at least 4 members (excludes halogenated alkanes) is 4. The van der Waals surface area contributed by atoms with Crippen LogP contribution in [0.3, 0.4) is 0 Å². The standard InChI is InChI=1S/C15H21ClO3/c1-2-3-4-5-6-9-19-14-8-7-12(10-13(14)16)11-15(17)18/h7-8,10H,2-6,9,11H2,1H3,(H,17,18). The summed E-state index contributed by atoms with van der Waals surface area (Å²) in [5.41, 5.74) is 0.688. The molecule has 1 rings (SSSR count). The number of carboxylic acid groups (broad SMARTS) is 1. The molecule has 1 aromatic rings. The van der Waals surface area contributed by atoms with E-state index in [1.165, 1.54) is 25.7 Å². The molecule has 0 unspecified atom stereocenters.